The fourth-order valence-corrected chi connectivity index (χ4v) is 1.77. The molecule has 0 aromatic carbocycles. The Morgan fingerprint density at radius 2 is 2.31 bits per heavy atom. The van der Waals surface area contributed by atoms with Crippen LogP contribution in [0, 0.1) is 0 Å². The third kappa shape index (κ3) is 2.98. The summed E-state index contributed by atoms with van der Waals surface area (Å²) in [6.07, 6.45) is 7.70. The maximum absolute atomic E-state index is 4.38. The lowest BCUT2D eigenvalue weighted by Crippen LogP contribution is -2.18. The molecule has 1 saturated carbocycles. The van der Waals surface area contributed by atoms with E-state index in [-0.39, 0.29) is 0 Å². The maximum Gasteiger partial charge on any atom is 0.203 e. The van der Waals surface area contributed by atoms with E-state index in [0.717, 1.165) is 18.9 Å². The molecule has 90 valence electrons. The molecule has 4 heteroatoms. The molecular formula is C12H22N4. The molecule has 0 aliphatic heterocycles. The standard InChI is InChI=1S/C12H22N4/c1-10(6-8-15(2)3)16-9-7-13-12(16)14-11-4-5-11/h7,9-11H,4-6,8H2,1-3H3,(H,13,14). The van der Waals surface area contributed by atoms with E-state index >= 15 is 0 Å². The number of anilines is 1. The number of rotatable bonds is 6. The zero-order valence-electron chi connectivity index (χ0n) is 10.5. The van der Waals surface area contributed by atoms with Crippen LogP contribution in [-0.4, -0.2) is 41.1 Å². The van der Waals surface area contributed by atoms with Gasteiger partial charge in [-0.05, 0) is 46.8 Å². The van der Waals surface area contributed by atoms with Gasteiger partial charge in [-0.15, -0.1) is 0 Å². The van der Waals surface area contributed by atoms with E-state index in [1.54, 1.807) is 0 Å². The molecule has 1 aliphatic rings. The van der Waals surface area contributed by atoms with Crippen LogP contribution in [0.25, 0.3) is 0 Å². The van der Waals surface area contributed by atoms with Crippen LogP contribution < -0.4 is 5.32 Å². The van der Waals surface area contributed by atoms with Crippen LogP contribution in [0.15, 0.2) is 12.4 Å². The van der Waals surface area contributed by atoms with E-state index < -0.39 is 0 Å². The third-order valence-corrected chi connectivity index (χ3v) is 3.05. The van der Waals surface area contributed by atoms with Crippen molar-refractivity contribution in [1.82, 2.24) is 14.5 Å². The maximum atomic E-state index is 4.38. The lowest BCUT2D eigenvalue weighted by Gasteiger charge is -2.19. The van der Waals surface area contributed by atoms with Crippen LogP contribution >= 0.6 is 0 Å². The summed E-state index contributed by atoms with van der Waals surface area (Å²) in [5, 5.41) is 3.47. The molecule has 0 spiro atoms. The highest BCUT2D eigenvalue weighted by atomic mass is 15.2. The molecule has 1 fully saturated rings. The Morgan fingerprint density at radius 3 is 2.94 bits per heavy atom. The summed E-state index contributed by atoms with van der Waals surface area (Å²) in [4.78, 5) is 6.61. The van der Waals surface area contributed by atoms with Gasteiger partial charge >= 0.3 is 0 Å². The number of imidazole rings is 1. The Balaban J connectivity index is 1.92. The van der Waals surface area contributed by atoms with Crippen LogP contribution in [-0.2, 0) is 0 Å². The molecule has 1 N–H and O–H groups in total. The lowest BCUT2D eigenvalue weighted by atomic mass is 10.2. The van der Waals surface area contributed by atoms with Crippen molar-refractivity contribution in [3.63, 3.8) is 0 Å². The smallest absolute Gasteiger partial charge is 0.203 e. The highest BCUT2D eigenvalue weighted by Crippen LogP contribution is 2.25. The Bertz CT molecular complexity index is 328. The van der Waals surface area contributed by atoms with E-state index in [1.165, 1.54) is 12.8 Å². The van der Waals surface area contributed by atoms with Gasteiger partial charge in [-0.25, -0.2) is 4.98 Å². The molecule has 1 aliphatic carbocycles. The number of aromatic nitrogens is 2. The molecule has 1 aromatic heterocycles. The van der Waals surface area contributed by atoms with Crippen LogP contribution in [0.1, 0.15) is 32.2 Å². The van der Waals surface area contributed by atoms with Gasteiger partial charge in [-0.1, -0.05) is 0 Å². The van der Waals surface area contributed by atoms with Crippen molar-refractivity contribution in [2.45, 2.75) is 38.3 Å². The first kappa shape index (κ1) is 11.5. The average Bonchev–Trinajstić information content (AvgIpc) is 2.91. The highest BCUT2D eigenvalue weighted by molar-refractivity contribution is 5.30. The van der Waals surface area contributed by atoms with Gasteiger partial charge in [0.05, 0.1) is 0 Å². The Kier molecular flexibility index (Phi) is 3.49. The van der Waals surface area contributed by atoms with Crippen molar-refractivity contribution in [2.75, 3.05) is 26.0 Å². The van der Waals surface area contributed by atoms with Crippen molar-refractivity contribution in [1.29, 1.82) is 0 Å². The predicted molar refractivity (Wildman–Crippen MR) is 66.8 cm³/mol. The second kappa shape index (κ2) is 4.87. The van der Waals surface area contributed by atoms with Gasteiger partial charge in [0, 0.05) is 24.5 Å². The van der Waals surface area contributed by atoms with Crippen LogP contribution in [0.5, 0.6) is 0 Å². The number of nitrogens with one attached hydrogen (secondary N) is 1. The van der Waals surface area contributed by atoms with Gasteiger partial charge in [-0.3, -0.25) is 0 Å². The van der Waals surface area contributed by atoms with E-state index in [9.17, 15) is 0 Å². The second-order valence-corrected chi connectivity index (χ2v) is 5.02. The molecule has 4 nitrogen and oxygen atoms in total. The van der Waals surface area contributed by atoms with Crippen molar-refractivity contribution in [3.05, 3.63) is 12.4 Å². The molecule has 16 heavy (non-hydrogen) atoms. The van der Waals surface area contributed by atoms with E-state index in [1.807, 2.05) is 6.20 Å². The number of hydrogen-bond acceptors (Lipinski definition) is 3. The molecule has 1 unspecified atom stereocenters. The SMILES string of the molecule is CC(CCN(C)C)n1ccnc1NC1CC1. The van der Waals surface area contributed by atoms with Crippen LogP contribution in [0.3, 0.4) is 0 Å². The van der Waals surface area contributed by atoms with Crippen LogP contribution in [0.2, 0.25) is 0 Å². The summed E-state index contributed by atoms with van der Waals surface area (Å²) in [6.45, 7) is 3.37. The summed E-state index contributed by atoms with van der Waals surface area (Å²) < 4.78 is 2.25. The van der Waals surface area contributed by atoms with E-state index in [2.05, 4.69) is 47.0 Å². The fourth-order valence-electron chi connectivity index (χ4n) is 1.77. The van der Waals surface area contributed by atoms with Gasteiger partial charge in [0.25, 0.3) is 0 Å². The summed E-state index contributed by atoms with van der Waals surface area (Å²) in [7, 11) is 4.23. The fraction of sp³-hybridized carbons (Fsp3) is 0.750. The van der Waals surface area contributed by atoms with Gasteiger partial charge < -0.3 is 14.8 Å². The molecule has 1 aromatic rings. The monoisotopic (exact) mass is 222 g/mol. The first-order valence-electron chi connectivity index (χ1n) is 6.11. The van der Waals surface area contributed by atoms with E-state index in [0.29, 0.717) is 12.1 Å². The molecule has 0 amide bonds. The predicted octanol–water partition coefficient (Wildman–Crippen LogP) is 1.97. The lowest BCUT2D eigenvalue weighted by molar-refractivity contribution is 0.359. The normalized spacial score (nSPS) is 17.8. The highest BCUT2D eigenvalue weighted by Gasteiger charge is 2.23. The Hall–Kier alpha value is -1.03. The first-order chi connectivity index (χ1) is 7.66. The second-order valence-electron chi connectivity index (χ2n) is 5.02. The van der Waals surface area contributed by atoms with Crippen LogP contribution in [0.4, 0.5) is 5.95 Å². The molecule has 2 rings (SSSR count). The van der Waals surface area contributed by atoms with Gasteiger partial charge in [-0.2, -0.15) is 0 Å². The average molecular weight is 222 g/mol. The topological polar surface area (TPSA) is 33.1 Å². The minimum Gasteiger partial charge on any atom is -0.353 e. The number of hydrogen-bond donors (Lipinski definition) is 1. The van der Waals surface area contributed by atoms with E-state index in [4.69, 9.17) is 0 Å². The van der Waals surface area contributed by atoms with Gasteiger partial charge in [0.2, 0.25) is 5.95 Å². The zero-order chi connectivity index (χ0) is 11.5. The molecule has 0 radical (unpaired) electrons. The zero-order valence-corrected chi connectivity index (χ0v) is 10.5. The van der Waals surface area contributed by atoms with Gasteiger partial charge in [0.1, 0.15) is 0 Å². The molecule has 1 heterocycles. The molecule has 0 saturated heterocycles. The molecule has 1 atom stereocenters. The first-order valence-corrected chi connectivity index (χ1v) is 6.11. The molecular weight excluding hydrogens is 200 g/mol. The van der Waals surface area contributed by atoms with Crippen molar-refractivity contribution in [2.24, 2.45) is 0 Å². The largest absolute Gasteiger partial charge is 0.353 e. The summed E-state index contributed by atoms with van der Waals surface area (Å²) in [6, 6.07) is 1.17. The summed E-state index contributed by atoms with van der Waals surface area (Å²) >= 11 is 0. The van der Waals surface area contributed by atoms with Crippen molar-refractivity contribution < 1.29 is 0 Å². The molecule has 0 bridgehead atoms. The summed E-state index contributed by atoms with van der Waals surface area (Å²) in [5.41, 5.74) is 0. The summed E-state index contributed by atoms with van der Waals surface area (Å²) in [5.74, 6) is 1.04. The Morgan fingerprint density at radius 1 is 1.56 bits per heavy atom. The minimum atomic E-state index is 0.506. The van der Waals surface area contributed by atoms with Crippen molar-refractivity contribution >= 4 is 5.95 Å². The van der Waals surface area contributed by atoms with Crippen molar-refractivity contribution in [3.8, 4) is 0 Å². The van der Waals surface area contributed by atoms with Gasteiger partial charge in [0.15, 0.2) is 0 Å². The minimum absolute atomic E-state index is 0.506. The quantitative estimate of drug-likeness (QED) is 0.799. The Labute approximate surface area is 97.7 Å². The third-order valence-electron chi connectivity index (χ3n) is 3.05. The number of nitrogens with zero attached hydrogens (tertiary/aromatic N) is 3.